The number of aromatic nitrogens is 3. The van der Waals surface area contributed by atoms with Crippen LogP contribution in [0.25, 0.3) is 0 Å². The van der Waals surface area contributed by atoms with Gasteiger partial charge in [0.2, 0.25) is 0 Å². The molecule has 0 fully saturated rings. The number of aryl methyl sites for hydroxylation is 1. The molecular weight excluding hydrogens is 188 g/mol. The van der Waals surface area contributed by atoms with Gasteiger partial charge in [0, 0.05) is 19.0 Å². The topological polar surface area (TPSA) is 42.7 Å². The molecule has 86 valence electrons. The van der Waals surface area contributed by atoms with Gasteiger partial charge in [0.15, 0.2) is 0 Å². The summed E-state index contributed by atoms with van der Waals surface area (Å²) in [7, 11) is 2.01. The Bertz CT molecular complexity index is 280. The van der Waals surface area contributed by atoms with Gasteiger partial charge >= 0.3 is 0 Å². The lowest BCUT2D eigenvalue weighted by atomic mass is 10.0. The highest BCUT2D eigenvalue weighted by Crippen LogP contribution is 2.09. The Morgan fingerprint density at radius 1 is 1.47 bits per heavy atom. The van der Waals surface area contributed by atoms with Crippen molar-refractivity contribution >= 4 is 0 Å². The maximum absolute atomic E-state index is 4.29. The van der Waals surface area contributed by atoms with E-state index in [2.05, 4.69) is 36.2 Å². The Kier molecular flexibility index (Phi) is 4.75. The molecule has 0 aliphatic heterocycles. The number of nitrogens with zero attached hydrogens (tertiary/aromatic N) is 3. The molecule has 0 radical (unpaired) electrons. The first-order valence-corrected chi connectivity index (χ1v) is 5.71. The van der Waals surface area contributed by atoms with Crippen molar-refractivity contribution < 1.29 is 0 Å². The molecule has 1 atom stereocenters. The largest absolute Gasteiger partial charge is 0.317 e. The molecule has 0 amide bonds. The van der Waals surface area contributed by atoms with E-state index >= 15 is 0 Å². The normalized spacial score (nSPS) is 13.4. The summed E-state index contributed by atoms with van der Waals surface area (Å²) in [6, 6.07) is 0.500. The zero-order valence-electron chi connectivity index (χ0n) is 10.2. The number of hydrogen-bond acceptors (Lipinski definition) is 3. The molecule has 4 heteroatoms. The first-order chi connectivity index (χ1) is 7.17. The van der Waals surface area contributed by atoms with Crippen LogP contribution in [0.15, 0.2) is 6.33 Å². The predicted molar refractivity (Wildman–Crippen MR) is 61.7 cm³/mol. The smallest absolute Gasteiger partial charge is 0.138 e. The van der Waals surface area contributed by atoms with E-state index in [4.69, 9.17) is 0 Å². The summed E-state index contributed by atoms with van der Waals surface area (Å²) in [4.78, 5) is 4.29. The molecule has 15 heavy (non-hydrogen) atoms. The standard InChI is InChI=1S/C11H22N4/c1-5-15-11(13-8-14-15)7-10(12-4)6-9(2)3/h8-10,12H,5-7H2,1-4H3. The van der Waals surface area contributed by atoms with E-state index in [0.717, 1.165) is 18.8 Å². The van der Waals surface area contributed by atoms with Crippen LogP contribution < -0.4 is 5.32 Å². The molecule has 1 aromatic rings. The predicted octanol–water partition coefficient (Wildman–Crippen LogP) is 1.47. The summed E-state index contributed by atoms with van der Waals surface area (Å²) < 4.78 is 1.96. The molecule has 1 aromatic heterocycles. The molecule has 1 N–H and O–H groups in total. The Hall–Kier alpha value is -0.900. The highest BCUT2D eigenvalue weighted by Gasteiger charge is 2.12. The van der Waals surface area contributed by atoms with Gasteiger partial charge in [0.1, 0.15) is 12.2 Å². The van der Waals surface area contributed by atoms with E-state index in [0.29, 0.717) is 12.0 Å². The third-order valence-electron chi connectivity index (χ3n) is 2.59. The van der Waals surface area contributed by atoms with Crippen LogP contribution in [0.2, 0.25) is 0 Å². The monoisotopic (exact) mass is 210 g/mol. The number of likely N-dealkylation sites (N-methyl/N-ethyl adjacent to an activating group) is 1. The second-order valence-corrected chi connectivity index (χ2v) is 4.31. The third-order valence-corrected chi connectivity index (χ3v) is 2.59. The van der Waals surface area contributed by atoms with Gasteiger partial charge in [-0.2, -0.15) is 5.10 Å². The SMILES string of the molecule is CCn1ncnc1CC(CC(C)C)NC. The highest BCUT2D eigenvalue weighted by molar-refractivity contribution is 4.89. The van der Waals surface area contributed by atoms with Crippen LogP contribution in [0.5, 0.6) is 0 Å². The van der Waals surface area contributed by atoms with E-state index < -0.39 is 0 Å². The van der Waals surface area contributed by atoms with Crippen LogP contribution in [0, 0.1) is 5.92 Å². The molecule has 0 aliphatic rings. The van der Waals surface area contributed by atoms with Crippen molar-refractivity contribution in [2.75, 3.05) is 7.05 Å². The molecule has 1 heterocycles. The molecular formula is C11H22N4. The molecule has 4 nitrogen and oxygen atoms in total. The third kappa shape index (κ3) is 3.63. The second kappa shape index (κ2) is 5.85. The van der Waals surface area contributed by atoms with E-state index in [-0.39, 0.29) is 0 Å². The van der Waals surface area contributed by atoms with Crippen molar-refractivity contribution in [2.24, 2.45) is 5.92 Å². The molecule has 0 aromatic carbocycles. The summed E-state index contributed by atoms with van der Waals surface area (Å²) in [5.74, 6) is 1.79. The van der Waals surface area contributed by atoms with E-state index in [1.54, 1.807) is 6.33 Å². The summed E-state index contributed by atoms with van der Waals surface area (Å²) in [5, 5.41) is 7.52. The van der Waals surface area contributed by atoms with Crippen molar-refractivity contribution in [3.8, 4) is 0 Å². The zero-order chi connectivity index (χ0) is 11.3. The van der Waals surface area contributed by atoms with Crippen LogP contribution >= 0.6 is 0 Å². The van der Waals surface area contributed by atoms with Crippen LogP contribution in [-0.2, 0) is 13.0 Å². The van der Waals surface area contributed by atoms with E-state index in [9.17, 15) is 0 Å². The highest BCUT2D eigenvalue weighted by atomic mass is 15.3. The first-order valence-electron chi connectivity index (χ1n) is 5.71. The Balaban J connectivity index is 2.58. The van der Waals surface area contributed by atoms with Crippen molar-refractivity contribution in [1.82, 2.24) is 20.1 Å². The van der Waals surface area contributed by atoms with Gasteiger partial charge in [-0.25, -0.2) is 4.98 Å². The van der Waals surface area contributed by atoms with E-state index in [1.807, 2.05) is 11.7 Å². The molecule has 1 unspecified atom stereocenters. The average molecular weight is 210 g/mol. The number of hydrogen-bond donors (Lipinski definition) is 1. The van der Waals surface area contributed by atoms with Crippen molar-refractivity contribution in [3.63, 3.8) is 0 Å². The second-order valence-electron chi connectivity index (χ2n) is 4.31. The van der Waals surface area contributed by atoms with Crippen molar-refractivity contribution in [2.45, 2.75) is 46.2 Å². The van der Waals surface area contributed by atoms with E-state index in [1.165, 1.54) is 6.42 Å². The Morgan fingerprint density at radius 3 is 2.73 bits per heavy atom. The lowest BCUT2D eigenvalue weighted by molar-refractivity contribution is 0.426. The summed E-state index contributed by atoms with van der Waals surface area (Å²) in [6.45, 7) is 7.48. The fourth-order valence-electron chi connectivity index (χ4n) is 1.80. The van der Waals surface area contributed by atoms with Gasteiger partial charge < -0.3 is 5.32 Å². The maximum Gasteiger partial charge on any atom is 0.138 e. The summed E-state index contributed by atoms with van der Waals surface area (Å²) in [6.07, 6.45) is 3.77. The van der Waals surface area contributed by atoms with Gasteiger partial charge in [-0.05, 0) is 26.3 Å². The zero-order valence-corrected chi connectivity index (χ0v) is 10.2. The lowest BCUT2D eigenvalue weighted by Crippen LogP contribution is -2.30. The molecule has 1 rings (SSSR count). The van der Waals surface area contributed by atoms with Crippen molar-refractivity contribution in [1.29, 1.82) is 0 Å². The van der Waals surface area contributed by atoms with Crippen LogP contribution in [-0.4, -0.2) is 27.9 Å². The van der Waals surface area contributed by atoms with Gasteiger partial charge in [-0.15, -0.1) is 0 Å². The van der Waals surface area contributed by atoms with Crippen molar-refractivity contribution in [3.05, 3.63) is 12.2 Å². The average Bonchev–Trinajstić information content (AvgIpc) is 2.63. The fourth-order valence-corrected chi connectivity index (χ4v) is 1.80. The van der Waals surface area contributed by atoms with Gasteiger partial charge in [0.05, 0.1) is 0 Å². The molecule has 0 bridgehead atoms. The van der Waals surface area contributed by atoms with Crippen LogP contribution in [0.1, 0.15) is 33.0 Å². The minimum absolute atomic E-state index is 0.500. The number of rotatable bonds is 6. The van der Waals surface area contributed by atoms with Crippen LogP contribution in [0.3, 0.4) is 0 Å². The Labute approximate surface area is 92.1 Å². The lowest BCUT2D eigenvalue weighted by Gasteiger charge is -2.17. The number of nitrogens with one attached hydrogen (secondary N) is 1. The van der Waals surface area contributed by atoms with Gasteiger partial charge in [0.25, 0.3) is 0 Å². The first kappa shape index (κ1) is 12.2. The molecule has 0 saturated heterocycles. The fraction of sp³-hybridized carbons (Fsp3) is 0.818. The van der Waals surface area contributed by atoms with Gasteiger partial charge in [-0.1, -0.05) is 13.8 Å². The van der Waals surface area contributed by atoms with Gasteiger partial charge in [-0.3, -0.25) is 4.68 Å². The Morgan fingerprint density at radius 2 is 2.20 bits per heavy atom. The molecule has 0 spiro atoms. The minimum atomic E-state index is 0.500. The molecule has 0 saturated carbocycles. The quantitative estimate of drug-likeness (QED) is 0.773. The maximum atomic E-state index is 4.29. The minimum Gasteiger partial charge on any atom is -0.317 e. The van der Waals surface area contributed by atoms with Crippen LogP contribution in [0.4, 0.5) is 0 Å². The molecule has 0 aliphatic carbocycles. The summed E-state index contributed by atoms with van der Waals surface area (Å²) in [5.41, 5.74) is 0. The summed E-state index contributed by atoms with van der Waals surface area (Å²) >= 11 is 0.